The molecule has 110 valence electrons. The monoisotopic (exact) mass is 311 g/mol. The summed E-state index contributed by atoms with van der Waals surface area (Å²) in [6.45, 7) is 2.82. The number of thioether (sulfide) groups is 2. The Hall–Kier alpha value is -0.810. The van der Waals surface area contributed by atoms with Crippen LogP contribution >= 0.6 is 23.5 Å². The standard InChI is InChI=1S/C15H21NO2S2/c1-2-8-16-14(17)11-18-13-6-4-12(5-7-13)15-19-9-3-10-20-15/h4-7,15H,2-3,8-11H2,1H3,(H,16,17). The average molecular weight is 311 g/mol. The van der Waals surface area contributed by atoms with Gasteiger partial charge in [-0.3, -0.25) is 4.79 Å². The number of carbonyl (C=O) groups excluding carboxylic acids is 1. The molecule has 1 heterocycles. The molecule has 0 spiro atoms. The predicted octanol–water partition coefficient (Wildman–Crippen LogP) is 3.46. The van der Waals surface area contributed by atoms with Gasteiger partial charge in [0.2, 0.25) is 0 Å². The minimum absolute atomic E-state index is 0.0608. The number of rotatable bonds is 6. The number of carbonyl (C=O) groups is 1. The summed E-state index contributed by atoms with van der Waals surface area (Å²) in [6.07, 6.45) is 2.25. The molecule has 0 saturated carbocycles. The second-order valence-electron chi connectivity index (χ2n) is 4.63. The van der Waals surface area contributed by atoms with Crippen LogP contribution in [0, 0.1) is 0 Å². The van der Waals surface area contributed by atoms with Crippen molar-refractivity contribution in [3.63, 3.8) is 0 Å². The second-order valence-corrected chi connectivity index (χ2v) is 7.36. The highest BCUT2D eigenvalue weighted by Gasteiger charge is 2.16. The summed E-state index contributed by atoms with van der Waals surface area (Å²) < 4.78 is 6.03. The van der Waals surface area contributed by atoms with E-state index in [1.54, 1.807) is 0 Å². The smallest absolute Gasteiger partial charge is 0.257 e. The number of nitrogens with one attached hydrogen (secondary N) is 1. The topological polar surface area (TPSA) is 38.3 Å². The Morgan fingerprint density at radius 1 is 1.30 bits per heavy atom. The van der Waals surface area contributed by atoms with E-state index in [-0.39, 0.29) is 12.5 Å². The molecule has 1 aliphatic heterocycles. The summed E-state index contributed by atoms with van der Waals surface area (Å²) in [7, 11) is 0. The third kappa shape index (κ3) is 4.94. The zero-order valence-corrected chi connectivity index (χ0v) is 13.4. The molecule has 1 amide bonds. The van der Waals surface area contributed by atoms with E-state index in [0.717, 1.165) is 12.2 Å². The van der Waals surface area contributed by atoms with Crippen LogP contribution in [0.15, 0.2) is 24.3 Å². The number of hydrogen-bond acceptors (Lipinski definition) is 4. The van der Waals surface area contributed by atoms with Gasteiger partial charge in [0.05, 0.1) is 4.58 Å². The van der Waals surface area contributed by atoms with E-state index >= 15 is 0 Å². The lowest BCUT2D eigenvalue weighted by atomic mass is 10.2. The lowest BCUT2D eigenvalue weighted by Gasteiger charge is -2.21. The molecule has 0 atom stereocenters. The lowest BCUT2D eigenvalue weighted by molar-refractivity contribution is -0.123. The maximum Gasteiger partial charge on any atom is 0.257 e. The highest BCUT2D eigenvalue weighted by Crippen LogP contribution is 2.43. The zero-order valence-electron chi connectivity index (χ0n) is 11.8. The summed E-state index contributed by atoms with van der Waals surface area (Å²) in [4.78, 5) is 11.4. The van der Waals surface area contributed by atoms with E-state index in [0.29, 0.717) is 11.1 Å². The van der Waals surface area contributed by atoms with Crippen LogP contribution in [0.3, 0.4) is 0 Å². The molecule has 0 aromatic heterocycles. The van der Waals surface area contributed by atoms with Crippen LogP contribution < -0.4 is 10.1 Å². The van der Waals surface area contributed by atoms with Gasteiger partial charge in [0.15, 0.2) is 6.61 Å². The molecule has 1 aliphatic rings. The summed E-state index contributed by atoms with van der Waals surface area (Å²) in [5.74, 6) is 3.18. The maximum absolute atomic E-state index is 11.4. The molecule has 1 aromatic rings. The van der Waals surface area contributed by atoms with Crippen LogP contribution in [0.4, 0.5) is 0 Å². The van der Waals surface area contributed by atoms with Gasteiger partial charge < -0.3 is 10.1 Å². The first-order chi connectivity index (χ1) is 9.79. The highest BCUT2D eigenvalue weighted by atomic mass is 32.2. The van der Waals surface area contributed by atoms with Crippen LogP contribution in [-0.2, 0) is 4.79 Å². The third-order valence-electron chi connectivity index (χ3n) is 2.92. The Bertz CT molecular complexity index is 416. The van der Waals surface area contributed by atoms with Crippen LogP contribution in [0.25, 0.3) is 0 Å². The van der Waals surface area contributed by atoms with E-state index in [2.05, 4.69) is 17.4 Å². The molecule has 0 radical (unpaired) electrons. The number of amides is 1. The molecule has 1 aromatic carbocycles. The Morgan fingerprint density at radius 2 is 2.00 bits per heavy atom. The summed E-state index contributed by atoms with van der Waals surface area (Å²) in [5, 5.41) is 2.80. The van der Waals surface area contributed by atoms with Crippen molar-refractivity contribution in [2.24, 2.45) is 0 Å². The van der Waals surface area contributed by atoms with Crippen LogP contribution in [-0.4, -0.2) is 30.6 Å². The van der Waals surface area contributed by atoms with E-state index in [4.69, 9.17) is 4.74 Å². The molecule has 0 aliphatic carbocycles. The molecule has 3 nitrogen and oxygen atoms in total. The zero-order chi connectivity index (χ0) is 14.2. The lowest BCUT2D eigenvalue weighted by Crippen LogP contribution is -2.29. The highest BCUT2D eigenvalue weighted by molar-refractivity contribution is 8.16. The summed E-state index contributed by atoms with van der Waals surface area (Å²) in [6, 6.07) is 8.13. The Morgan fingerprint density at radius 3 is 2.65 bits per heavy atom. The van der Waals surface area contributed by atoms with Crippen molar-refractivity contribution in [3.05, 3.63) is 29.8 Å². The van der Waals surface area contributed by atoms with Gasteiger partial charge in [-0.1, -0.05) is 19.1 Å². The third-order valence-corrected chi connectivity index (χ3v) is 5.94. The fourth-order valence-corrected chi connectivity index (χ4v) is 4.76. The van der Waals surface area contributed by atoms with Crippen LogP contribution in [0.2, 0.25) is 0 Å². The first kappa shape index (κ1) is 15.6. The van der Waals surface area contributed by atoms with Crippen molar-refractivity contribution >= 4 is 29.4 Å². The fourth-order valence-electron chi connectivity index (χ4n) is 1.87. The molecule has 5 heteroatoms. The minimum Gasteiger partial charge on any atom is -0.484 e. The first-order valence-electron chi connectivity index (χ1n) is 7.02. The van der Waals surface area contributed by atoms with Gasteiger partial charge in [-0.15, -0.1) is 23.5 Å². The molecule has 0 bridgehead atoms. The minimum atomic E-state index is -0.0608. The van der Waals surface area contributed by atoms with E-state index < -0.39 is 0 Å². The van der Waals surface area contributed by atoms with Crippen molar-refractivity contribution in [1.29, 1.82) is 0 Å². The van der Waals surface area contributed by atoms with Crippen molar-refractivity contribution in [3.8, 4) is 5.75 Å². The normalized spacial score (nSPS) is 15.8. The van der Waals surface area contributed by atoms with Crippen LogP contribution in [0.1, 0.15) is 29.9 Å². The largest absolute Gasteiger partial charge is 0.484 e. The molecule has 1 N–H and O–H groups in total. The SMILES string of the molecule is CCCNC(=O)COc1ccc(C2SCCCS2)cc1. The maximum atomic E-state index is 11.4. The van der Waals surface area contributed by atoms with Crippen LogP contribution in [0.5, 0.6) is 5.75 Å². The van der Waals surface area contributed by atoms with Gasteiger partial charge in [0.25, 0.3) is 5.91 Å². The van der Waals surface area contributed by atoms with Gasteiger partial charge in [-0.25, -0.2) is 0 Å². The molecule has 1 fully saturated rings. The fraction of sp³-hybridized carbons (Fsp3) is 0.533. The Labute approximate surface area is 129 Å². The van der Waals surface area contributed by atoms with Gasteiger partial charge in [-0.2, -0.15) is 0 Å². The van der Waals surface area contributed by atoms with E-state index in [1.807, 2.05) is 42.6 Å². The molecule has 20 heavy (non-hydrogen) atoms. The van der Waals surface area contributed by atoms with Crippen molar-refractivity contribution < 1.29 is 9.53 Å². The quantitative estimate of drug-likeness (QED) is 0.873. The van der Waals surface area contributed by atoms with E-state index in [9.17, 15) is 4.79 Å². The molecule has 2 rings (SSSR count). The van der Waals surface area contributed by atoms with Gasteiger partial charge in [-0.05, 0) is 42.0 Å². The van der Waals surface area contributed by atoms with Crippen molar-refractivity contribution in [2.45, 2.75) is 24.3 Å². The second kappa shape index (κ2) is 8.47. The number of benzene rings is 1. The first-order valence-corrected chi connectivity index (χ1v) is 9.12. The predicted molar refractivity (Wildman–Crippen MR) is 87.5 cm³/mol. The van der Waals surface area contributed by atoms with Crippen molar-refractivity contribution in [1.82, 2.24) is 5.32 Å². The molecule has 1 saturated heterocycles. The van der Waals surface area contributed by atoms with Gasteiger partial charge in [0, 0.05) is 6.54 Å². The Kier molecular flexibility index (Phi) is 6.60. The molecule has 0 unspecified atom stereocenters. The number of ether oxygens (including phenoxy) is 1. The Balaban J connectivity index is 1.80. The van der Waals surface area contributed by atoms with Crippen molar-refractivity contribution in [2.75, 3.05) is 24.7 Å². The van der Waals surface area contributed by atoms with E-state index in [1.165, 1.54) is 23.5 Å². The number of hydrogen-bond donors (Lipinski definition) is 1. The van der Waals surface area contributed by atoms with Gasteiger partial charge >= 0.3 is 0 Å². The summed E-state index contributed by atoms with van der Waals surface area (Å²) >= 11 is 4.02. The average Bonchev–Trinajstić information content (AvgIpc) is 2.52. The summed E-state index contributed by atoms with van der Waals surface area (Å²) in [5.41, 5.74) is 1.34. The molecular weight excluding hydrogens is 290 g/mol. The van der Waals surface area contributed by atoms with Gasteiger partial charge in [0.1, 0.15) is 5.75 Å². The molecular formula is C15H21NO2S2.